The van der Waals surface area contributed by atoms with Crippen LogP contribution in [0.4, 0.5) is 4.79 Å². The number of rotatable bonds is 3. The number of hydrogen-bond acceptors (Lipinski definition) is 3. The van der Waals surface area contributed by atoms with Gasteiger partial charge in [-0.3, -0.25) is 0 Å². The SMILES string of the molecule is CN1CCCC1CNC1CCN(C(N)=O)CC1. The van der Waals surface area contributed by atoms with Gasteiger partial charge >= 0.3 is 6.03 Å². The van der Waals surface area contributed by atoms with Crippen LogP contribution in [0.5, 0.6) is 0 Å². The third-order valence-corrected chi connectivity index (χ3v) is 4.12. The number of piperidine rings is 1. The highest BCUT2D eigenvalue weighted by Crippen LogP contribution is 2.15. The number of carbonyl (C=O) groups is 1. The lowest BCUT2D eigenvalue weighted by Gasteiger charge is -2.32. The van der Waals surface area contributed by atoms with Crippen molar-refractivity contribution >= 4 is 6.03 Å². The van der Waals surface area contributed by atoms with Crippen LogP contribution in [0.3, 0.4) is 0 Å². The second kappa shape index (κ2) is 5.69. The van der Waals surface area contributed by atoms with E-state index in [1.807, 2.05) is 0 Å². The Hall–Kier alpha value is -0.810. The third-order valence-electron chi connectivity index (χ3n) is 4.12. The lowest BCUT2D eigenvalue weighted by atomic mass is 10.0. The lowest BCUT2D eigenvalue weighted by molar-refractivity contribution is 0.182. The third kappa shape index (κ3) is 3.33. The Morgan fingerprint density at radius 2 is 2.00 bits per heavy atom. The van der Waals surface area contributed by atoms with Crippen LogP contribution in [0.1, 0.15) is 25.7 Å². The summed E-state index contributed by atoms with van der Waals surface area (Å²) in [4.78, 5) is 15.2. The van der Waals surface area contributed by atoms with Crippen LogP contribution in [-0.4, -0.2) is 61.1 Å². The zero-order valence-electron chi connectivity index (χ0n) is 10.7. The van der Waals surface area contributed by atoms with Gasteiger partial charge < -0.3 is 20.9 Å². The zero-order chi connectivity index (χ0) is 12.3. The Morgan fingerprint density at radius 1 is 1.29 bits per heavy atom. The van der Waals surface area contributed by atoms with Crippen LogP contribution in [-0.2, 0) is 0 Å². The molecule has 2 amide bonds. The maximum atomic E-state index is 11.0. The molecule has 2 fully saturated rings. The van der Waals surface area contributed by atoms with Gasteiger partial charge in [0.15, 0.2) is 0 Å². The Kier molecular flexibility index (Phi) is 4.23. The van der Waals surface area contributed by atoms with E-state index in [4.69, 9.17) is 5.73 Å². The highest BCUT2D eigenvalue weighted by atomic mass is 16.2. The first-order valence-corrected chi connectivity index (χ1v) is 6.65. The molecule has 0 spiro atoms. The van der Waals surface area contributed by atoms with Gasteiger partial charge in [-0.1, -0.05) is 0 Å². The number of carbonyl (C=O) groups excluding carboxylic acids is 1. The summed E-state index contributed by atoms with van der Waals surface area (Å²) in [6, 6.07) is 0.975. The molecule has 0 aromatic rings. The Balaban J connectivity index is 1.66. The molecular weight excluding hydrogens is 216 g/mol. The van der Waals surface area contributed by atoms with E-state index in [1.54, 1.807) is 4.90 Å². The van der Waals surface area contributed by atoms with Gasteiger partial charge in [-0.15, -0.1) is 0 Å². The number of nitrogens with one attached hydrogen (secondary N) is 1. The fraction of sp³-hybridized carbons (Fsp3) is 0.917. The summed E-state index contributed by atoms with van der Waals surface area (Å²) >= 11 is 0. The normalized spacial score (nSPS) is 27.6. The van der Waals surface area contributed by atoms with Crippen molar-refractivity contribution in [1.29, 1.82) is 0 Å². The van der Waals surface area contributed by atoms with E-state index in [2.05, 4.69) is 17.3 Å². The summed E-state index contributed by atoms with van der Waals surface area (Å²) in [5, 5.41) is 3.63. The van der Waals surface area contributed by atoms with Gasteiger partial charge in [-0.25, -0.2) is 4.79 Å². The van der Waals surface area contributed by atoms with E-state index >= 15 is 0 Å². The number of likely N-dealkylation sites (N-methyl/N-ethyl adjacent to an activating group) is 1. The van der Waals surface area contributed by atoms with Gasteiger partial charge in [0.25, 0.3) is 0 Å². The highest BCUT2D eigenvalue weighted by Gasteiger charge is 2.24. The average Bonchev–Trinajstić information content (AvgIpc) is 2.73. The van der Waals surface area contributed by atoms with E-state index in [1.165, 1.54) is 19.4 Å². The number of urea groups is 1. The molecule has 3 N–H and O–H groups in total. The highest BCUT2D eigenvalue weighted by molar-refractivity contribution is 5.72. The predicted octanol–water partition coefficient (Wildman–Crippen LogP) is 0.213. The molecule has 0 aliphatic carbocycles. The number of nitrogens with two attached hydrogens (primary N) is 1. The number of amides is 2. The van der Waals surface area contributed by atoms with Crippen LogP contribution in [0.25, 0.3) is 0 Å². The smallest absolute Gasteiger partial charge is 0.314 e. The molecule has 2 rings (SSSR count). The maximum absolute atomic E-state index is 11.0. The molecule has 2 aliphatic heterocycles. The molecule has 0 saturated carbocycles. The molecule has 5 heteroatoms. The first kappa shape index (κ1) is 12.6. The van der Waals surface area contributed by atoms with Crippen molar-refractivity contribution in [2.75, 3.05) is 33.2 Å². The van der Waals surface area contributed by atoms with Crippen molar-refractivity contribution in [2.24, 2.45) is 5.73 Å². The fourth-order valence-electron chi connectivity index (χ4n) is 2.84. The topological polar surface area (TPSA) is 61.6 Å². The zero-order valence-corrected chi connectivity index (χ0v) is 10.7. The van der Waals surface area contributed by atoms with Gasteiger partial charge in [0.05, 0.1) is 0 Å². The van der Waals surface area contributed by atoms with Gasteiger partial charge in [0.1, 0.15) is 0 Å². The van der Waals surface area contributed by atoms with Crippen molar-refractivity contribution in [1.82, 2.24) is 15.1 Å². The van der Waals surface area contributed by atoms with Crippen LogP contribution >= 0.6 is 0 Å². The fourth-order valence-corrected chi connectivity index (χ4v) is 2.84. The summed E-state index contributed by atoms with van der Waals surface area (Å²) in [6.07, 6.45) is 4.69. The van der Waals surface area contributed by atoms with Crippen molar-refractivity contribution in [3.8, 4) is 0 Å². The Morgan fingerprint density at radius 3 is 2.53 bits per heavy atom. The molecule has 17 heavy (non-hydrogen) atoms. The Labute approximate surface area is 103 Å². The predicted molar refractivity (Wildman–Crippen MR) is 67.8 cm³/mol. The van der Waals surface area contributed by atoms with Gasteiger partial charge in [-0.05, 0) is 39.3 Å². The van der Waals surface area contributed by atoms with Crippen molar-refractivity contribution in [3.63, 3.8) is 0 Å². The summed E-state index contributed by atoms with van der Waals surface area (Å²) < 4.78 is 0. The number of likely N-dealkylation sites (tertiary alicyclic amines) is 2. The molecule has 0 aromatic heterocycles. The first-order chi connectivity index (χ1) is 8.16. The van der Waals surface area contributed by atoms with Crippen LogP contribution in [0.15, 0.2) is 0 Å². The Bertz CT molecular complexity index is 263. The van der Waals surface area contributed by atoms with Crippen LogP contribution in [0.2, 0.25) is 0 Å². The van der Waals surface area contributed by atoms with Gasteiger partial charge in [-0.2, -0.15) is 0 Å². The monoisotopic (exact) mass is 240 g/mol. The second-order valence-electron chi connectivity index (χ2n) is 5.28. The standard InChI is InChI=1S/C12H24N4O/c1-15-6-2-3-11(15)9-14-10-4-7-16(8-5-10)12(13)17/h10-11,14H,2-9H2,1H3,(H2,13,17). The molecule has 2 heterocycles. The maximum Gasteiger partial charge on any atom is 0.314 e. The summed E-state index contributed by atoms with van der Waals surface area (Å²) in [5.74, 6) is 0. The molecule has 5 nitrogen and oxygen atoms in total. The molecular formula is C12H24N4O. The molecule has 2 saturated heterocycles. The van der Waals surface area contributed by atoms with Crippen LogP contribution < -0.4 is 11.1 Å². The number of nitrogens with zero attached hydrogens (tertiary/aromatic N) is 2. The van der Waals surface area contributed by atoms with Crippen molar-refractivity contribution in [3.05, 3.63) is 0 Å². The van der Waals surface area contributed by atoms with E-state index in [-0.39, 0.29) is 6.03 Å². The molecule has 1 atom stereocenters. The second-order valence-corrected chi connectivity index (χ2v) is 5.28. The number of primary amides is 1. The van der Waals surface area contributed by atoms with Crippen molar-refractivity contribution < 1.29 is 4.79 Å². The summed E-state index contributed by atoms with van der Waals surface area (Å²) in [5.41, 5.74) is 5.26. The minimum atomic E-state index is -0.279. The molecule has 0 aromatic carbocycles. The number of hydrogen-bond donors (Lipinski definition) is 2. The largest absolute Gasteiger partial charge is 0.351 e. The average molecular weight is 240 g/mol. The molecule has 2 aliphatic rings. The van der Waals surface area contributed by atoms with E-state index in [0.29, 0.717) is 12.1 Å². The minimum absolute atomic E-state index is 0.279. The van der Waals surface area contributed by atoms with E-state index in [0.717, 1.165) is 32.5 Å². The summed E-state index contributed by atoms with van der Waals surface area (Å²) in [6.45, 7) is 3.91. The van der Waals surface area contributed by atoms with Crippen molar-refractivity contribution in [2.45, 2.75) is 37.8 Å². The van der Waals surface area contributed by atoms with Gasteiger partial charge in [0, 0.05) is 31.7 Å². The molecule has 98 valence electrons. The first-order valence-electron chi connectivity index (χ1n) is 6.65. The van der Waals surface area contributed by atoms with Gasteiger partial charge in [0.2, 0.25) is 0 Å². The molecule has 0 bridgehead atoms. The molecule has 1 unspecified atom stereocenters. The quantitative estimate of drug-likeness (QED) is 0.741. The summed E-state index contributed by atoms with van der Waals surface area (Å²) in [7, 11) is 2.20. The van der Waals surface area contributed by atoms with Crippen LogP contribution in [0, 0.1) is 0 Å². The van der Waals surface area contributed by atoms with E-state index in [9.17, 15) is 4.79 Å². The lowest BCUT2D eigenvalue weighted by Crippen LogP contribution is -2.48. The molecule has 0 radical (unpaired) electrons. The van der Waals surface area contributed by atoms with E-state index < -0.39 is 0 Å². The minimum Gasteiger partial charge on any atom is -0.351 e.